The highest BCUT2D eigenvalue weighted by Gasteiger charge is 2.24. The second-order valence-electron chi connectivity index (χ2n) is 10.5. The molecule has 0 bridgehead atoms. The molecule has 256 valence electrons. The number of hydrogen-bond donors (Lipinski definition) is 10. The van der Waals surface area contributed by atoms with E-state index in [1.807, 2.05) is 6.92 Å². The first-order chi connectivity index (χ1) is 21.1. The van der Waals surface area contributed by atoms with E-state index < -0.39 is 0 Å². The molecule has 2 atom stereocenters. The Hall–Kier alpha value is -1.46. The Bertz CT molecular complexity index is 622. The molecule has 0 aliphatic rings. The van der Waals surface area contributed by atoms with Gasteiger partial charge in [-0.2, -0.15) is 0 Å². The van der Waals surface area contributed by atoms with E-state index in [0.29, 0.717) is 32.5 Å². The first-order valence-electron chi connectivity index (χ1n) is 16.4. The molecule has 2 unspecified atom stereocenters. The monoisotopic (exact) mass is 619 g/mol. The van der Waals surface area contributed by atoms with Gasteiger partial charge in [0.05, 0.1) is 18.9 Å². The quantitative estimate of drug-likeness (QED) is 0.0260. The summed E-state index contributed by atoms with van der Waals surface area (Å²) in [6.07, 6.45) is 1.10. The Balaban J connectivity index is 3.25. The van der Waals surface area contributed by atoms with Crippen molar-refractivity contribution in [2.75, 3.05) is 138 Å². The molecule has 0 aromatic rings. The summed E-state index contributed by atoms with van der Waals surface area (Å²) in [5.41, 5.74) is 5.43. The lowest BCUT2D eigenvalue weighted by molar-refractivity contribution is -0.151. The van der Waals surface area contributed by atoms with Crippen LogP contribution in [0.2, 0.25) is 0 Å². The van der Waals surface area contributed by atoms with E-state index >= 15 is 0 Å². The molecule has 0 saturated heterocycles. The third kappa shape index (κ3) is 29.0. The largest absolute Gasteiger partial charge is 0.469 e. The van der Waals surface area contributed by atoms with Crippen molar-refractivity contribution in [3.63, 3.8) is 0 Å². The minimum atomic E-state index is -0.324. The van der Waals surface area contributed by atoms with Crippen molar-refractivity contribution in [1.82, 2.24) is 47.9 Å². The minimum Gasteiger partial charge on any atom is -0.469 e. The molecule has 14 heteroatoms. The van der Waals surface area contributed by atoms with E-state index in [-0.39, 0.29) is 23.8 Å². The molecule has 0 aromatic heterocycles. The second kappa shape index (κ2) is 33.4. The van der Waals surface area contributed by atoms with Gasteiger partial charge in [0, 0.05) is 124 Å². The van der Waals surface area contributed by atoms with Gasteiger partial charge in [0.25, 0.3) is 0 Å². The smallest absolute Gasteiger partial charge is 0.308 e. The van der Waals surface area contributed by atoms with E-state index in [1.165, 1.54) is 7.11 Å². The van der Waals surface area contributed by atoms with Gasteiger partial charge in [0.2, 0.25) is 0 Å². The number of nitrogens with one attached hydrogen (secondary N) is 9. The molecule has 0 spiro atoms. The zero-order chi connectivity index (χ0) is 31.6. The van der Waals surface area contributed by atoms with Gasteiger partial charge in [-0.3, -0.25) is 9.59 Å². The van der Waals surface area contributed by atoms with E-state index in [2.05, 4.69) is 47.9 Å². The Morgan fingerprint density at radius 1 is 0.558 bits per heavy atom. The van der Waals surface area contributed by atoms with E-state index in [1.54, 1.807) is 6.92 Å². The topological polar surface area (TPSA) is 187 Å². The summed E-state index contributed by atoms with van der Waals surface area (Å²) >= 11 is 0. The van der Waals surface area contributed by atoms with Crippen LogP contribution in [-0.2, 0) is 19.1 Å². The molecule has 43 heavy (non-hydrogen) atoms. The SMILES string of the molecule is CCC(CC(C)C(=O)OCCNCCNCCNCCNCCNCCNCCNCCNCCNCCN)C(=O)OC. The zero-order valence-corrected chi connectivity index (χ0v) is 27.4. The number of carbonyl (C=O) groups is 2. The number of rotatable bonds is 34. The number of nitrogens with two attached hydrogens (primary N) is 1. The number of methoxy groups -OCH3 is 1. The Morgan fingerprint density at radius 3 is 1.19 bits per heavy atom. The van der Waals surface area contributed by atoms with Crippen molar-refractivity contribution >= 4 is 11.9 Å². The normalized spacial score (nSPS) is 12.7. The van der Waals surface area contributed by atoms with Crippen molar-refractivity contribution in [3.8, 4) is 0 Å². The summed E-state index contributed by atoms with van der Waals surface area (Å²) in [6.45, 7) is 21.3. The molecule has 0 fully saturated rings. The molecule has 11 N–H and O–H groups in total. The Labute approximate surface area is 261 Å². The van der Waals surface area contributed by atoms with Crippen molar-refractivity contribution in [2.24, 2.45) is 17.6 Å². The highest BCUT2D eigenvalue weighted by atomic mass is 16.5. The van der Waals surface area contributed by atoms with Gasteiger partial charge in [0.15, 0.2) is 0 Å². The molecule has 0 saturated carbocycles. The Morgan fingerprint density at radius 2 is 0.884 bits per heavy atom. The standard InChI is InChI=1S/C29H66N10O4/c1-4-27(29(41)42-3)25-26(2)28(40)43-24-23-39-22-21-38-20-19-37-18-17-36-16-15-35-14-13-34-12-11-33-10-9-32-8-7-31-6-5-30/h26-27,31-39H,4-25,30H2,1-3H3. The summed E-state index contributed by atoms with van der Waals surface area (Å²) in [5.74, 6) is -1.13. The molecule has 0 rings (SSSR count). The average molecular weight is 619 g/mol. The highest BCUT2D eigenvalue weighted by molar-refractivity contribution is 5.75. The van der Waals surface area contributed by atoms with Gasteiger partial charge in [-0.1, -0.05) is 13.8 Å². The Kier molecular flexibility index (Phi) is 32.3. The van der Waals surface area contributed by atoms with Crippen LogP contribution >= 0.6 is 0 Å². The van der Waals surface area contributed by atoms with E-state index in [4.69, 9.17) is 15.2 Å². The maximum atomic E-state index is 12.1. The first kappa shape index (κ1) is 41.5. The highest BCUT2D eigenvalue weighted by Crippen LogP contribution is 2.18. The van der Waals surface area contributed by atoms with Gasteiger partial charge in [-0.25, -0.2) is 0 Å². The molecule has 0 aliphatic heterocycles. The van der Waals surface area contributed by atoms with E-state index in [9.17, 15) is 9.59 Å². The number of esters is 2. The zero-order valence-electron chi connectivity index (χ0n) is 27.4. The fraction of sp³-hybridized carbons (Fsp3) is 0.931. The summed E-state index contributed by atoms with van der Waals surface area (Å²) in [4.78, 5) is 23.8. The number of ether oxygens (including phenoxy) is 2. The maximum Gasteiger partial charge on any atom is 0.308 e. The lowest BCUT2D eigenvalue weighted by Gasteiger charge is -2.17. The average Bonchev–Trinajstić information content (AvgIpc) is 3.02. The van der Waals surface area contributed by atoms with Gasteiger partial charge < -0.3 is 63.1 Å². The lowest BCUT2D eigenvalue weighted by Crippen LogP contribution is -2.38. The van der Waals surface area contributed by atoms with Crippen LogP contribution in [0, 0.1) is 11.8 Å². The van der Waals surface area contributed by atoms with Gasteiger partial charge in [0.1, 0.15) is 6.61 Å². The van der Waals surface area contributed by atoms with Crippen LogP contribution < -0.4 is 53.6 Å². The van der Waals surface area contributed by atoms with Crippen LogP contribution in [0.1, 0.15) is 26.7 Å². The molecular formula is C29H66N10O4. The van der Waals surface area contributed by atoms with Crippen LogP contribution in [0.4, 0.5) is 0 Å². The lowest BCUT2D eigenvalue weighted by atomic mass is 9.94. The molecule has 0 aliphatic carbocycles. The maximum absolute atomic E-state index is 12.1. The van der Waals surface area contributed by atoms with Crippen LogP contribution in [0.5, 0.6) is 0 Å². The molecule has 0 radical (unpaired) electrons. The summed E-state index contributed by atoms with van der Waals surface area (Å²) in [5, 5.41) is 30.5. The minimum absolute atomic E-state index is 0.263. The van der Waals surface area contributed by atoms with Gasteiger partial charge in [-0.15, -0.1) is 0 Å². The molecular weight excluding hydrogens is 552 g/mol. The fourth-order valence-electron chi connectivity index (χ4n) is 4.13. The van der Waals surface area contributed by atoms with Crippen molar-refractivity contribution in [3.05, 3.63) is 0 Å². The third-order valence-electron chi connectivity index (χ3n) is 6.74. The van der Waals surface area contributed by atoms with Crippen molar-refractivity contribution < 1.29 is 19.1 Å². The fourth-order valence-corrected chi connectivity index (χ4v) is 4.13. The van der Waals surface area contributed by atoms with Crippen molar-refractivity contribution in [1.29, 1.82) is 0 Å². The van der Waals surface area contributed by atoms with Crippen LogP contribution in [0.15, 0.2) is 0 Å². The molecule has 14 nitrogen and oxygen atoms in total. The van der Waals surface area contributed by atoms with Crippen LogP contribution in [0.25, 0.3) is 0 Å². The van der Waals surface area contributed by atoms with Crippen LogP contribution in [0.3, 0.4) is 0 Å². The summed E-state index contributed by atoms with van der Waals surface area (Å²) in [7, 11) is 1.37. The number of hydrogen-bond acceptors (Lipinski definition) is 14. The predicted octanol–water partition coefficient (Wildman–Crippen LogP) is -2.98. The van der Waals surface area contributed by atoms with Crippen LogP contribution in [-0.4, -0.2) is 150 Å². The molecule has 0 heterocycles. The first-order valence-corrected chi connectivity index (χ1v) is 16.4. The predicted molar refractivity (Wildman–Crippen MR) is 175 cm³/mol. The number of carbonyl (C=O) groups excluding carboxylic acids is 2. The molecule has 0 amide bonds. The van der Waals surface area contributed by atoms with Gasteiger partial charge in [-0.05, 0) is 12.8 Å². The third-order valence-corrected chi connectivity index (χ3v) is 6.74. The van der Waals surface area contributed by atoms with Crippen molar-refractivity contribution in [2.45, 2.75) is 26.7 Å². The summed E-state index contributed by atoms with van der Waals surface area (Å²) in [6, 6.07) is 0. The second-order valence-corrected chi connectivity index (χ2v) is 10.5. The van der Waals surface area contributed by atoms with E-state index in [0.717, 1.165) is 111 Å². The molecule has 0 aromatic carbocycles. The summed E-state index contributed by atoms with van der Waals surface area (Å²) < 4.78 is 10.1. The van der Waals surface area contributed by atoms with Gasteiger partial charge >= 0.3 is 11.9 Å².